The molecular weight excluding hydrogens is 316 g/mol. The molecule has 1 amide bonds. The first-order valence-electron chi connectivity index (χ1n) is 5.67. The van der Waals surface area contributed by atoms with Crippen molar-refractivity contribution in [2.24, 2.45) is 0 Å². The van der Waals surface area contributed by atoms with Gasteiger partial charge < -0.3 is 15.3 Å². The summed E-state index contributed by atoms with van der Waals surface area (Å²) in [5, 5.41) is 13.2. The van der Waals surface area contributed by atoms with Crippen molar-refractivity contribution in [2.75, 3.05) is 23.8 Å². The van der Waals surface area contributed by atoms with Gasteiger partial charge in [0, 0.05) is 13.6 Å². The van der Waals surface area contributed by atoms with Gasteiger partial charge in [0.15, 0.2) is 0 Å². The number of amides is 1. The third-order valence-electron chi connectivity index (χ3n) is 2.87. The number of rotatable bonds is 4. The van der Waals surface area contributed by atoms with Crippen molar-refractivity contribution in [1.82, 2.24) is 5.32 Å². The predicted octanol–water partition coefficient (Wildman–Crippen LogP) is 2.16. The van der Waals surface area contributed by atoms with Crippen LogP contribution in [-0.2, 0) is 4.79 Å². The van der Waals surface area contributed by atoms with Gasteiger partial charge in [-0.1, -0.05) is 33.8 Å². The van der Waals surface area contributed by atoms with E-state index in [1.807, 2.05) is 19.2 Å². The molecule has 1 atom stereocenters. The minimum Gasteiger partial charge on any atom is -0.507 e. The maximum absolute atomic E-state index is 11.1. The van der Waals surface area contributed by atoms with Crippen LogP contribution in [0.25, 0.3) is 0 Å². The van der Waals surface area contributed by atoms with E-state index in [-0.39, 0.29) is 11.3 Å². The fourth-order valence-corrected chi connectivity index (χ4v) is 3.42. The van der Waals surface area contributed by atoms with Crippen LogP contribution in [0.15, 0.2) is 23.1 Å². The van der Waals surface area contributed by atoms with E-state index in [4.69, 9.17) is 0 Å². The third kappa shape index (κ3) is 2.75. The fourth-order valence-electron chi connectivity index (χ4n) is 1.92. The topological polar surface area (TPSA) is 52.6 Å². The first kappa shape index (κ1) is 13.5. The maximum atomic E-state index is 11.1. The SMILES string of the molecule is CN1c2cccc(O)c2SC1CCNC(=O)CBr. The molecule has 1 aliphatic rings. The summed E-state index contributed by atoms with van der Waals surface area (Å²) in [5.41, 5.74) is 1.05. The van der Waals surface area contributed by atoms with Crippen molar-refractivity contribution in [3.05, 3.63) is 18.2 Å². The number of anilines is 1. The number of nitrogens with zero attached hydrogens (tertiary/aromatic N) is 1. The number of aromatic hydroxyl groups is 1. The Morgan fingerprint density at radius 2 is 2.39 bits per heavy atom. The molecule has 0 saturated carbocycles. The highest BCUT2D eigenvalue weighted by Crippen LogP contribution is 2.47. The molecule has 0 radical (unpaired) electrons. The van der Waals surface area contributed by atoms with Gasteiger partial charge in [-0.25, -0.2) is 0 Å². The largest absolute Gasteiger partial charge is 0.507 e. The number of carbonyl (C=O) groups excluding carboxylic acids is 1. The smallest absolute Gasteiger partial charge is 0.230 e. The van der Waals surface area contributed by atoms with E-state index >= 15 is 0 Å². The summed E-state index contributed by atoms with van der Waals surface area (Å²) in [6, 6.07) is 5.55. The molecule has 98 valence electrons. The summed E-state index contributed by atoms with van der Waals surface area (Å²) in [5.74, 6) is 0.331. The van der Waals surface area contributed by atoms with Gasteiger partial charge in [0.25, 0.3) is 0 Å². The van der Waals surface area contributed by atoms with Crippen molar-refractivity contribution in [3.8, 4) is 5.75 Å². The minimum atomic E-state index is 0.000936. The zero-order valence-corrected chi connectivity index (χ0v) is 12.4. The Bertz CT molecular complexity index is 456. The number of thioether (sulfide) groups is 1. The van der Waals surface area contributed by atoms with E-state index in [2.05, 4.69) is 26.1 Å². The third-order valence-corrected chi connectivity index (χ3v) is 4.86. The Hall–Kier alpha value is -0.880. The van der Waals surface area contributed by atoms with Crippen LogP contribution in [-0.4, -0.2) is 35.3 Å². The van der Waals surface area contributed by atoms with Crippen LogP contribution in [0.2, 0.25) is 0 Å². The number of nitrogens with one attached hydrogen (secondary N) is 1. The molecule has 1 aromatic rings. The number of phenolic OH excluding ortho intramolecular Hbond substituents is 1. The summed E-state index contributed by atoms with van der Waals surface area (Å²) in [6.45, 7) is 0.640. The quantitative estimate of drug-likeness (QED) is 0.831. The number of phenols is 1. The molecular formula is C12H15BrN2O2S. The molecule has 0 saturated heterocycles. The van der Waals surface area contributed by atoms with Gasteiger partial charge in [-0.15, -0.1) is 0 Å². The maximum Gasteiger partial charge on any atom is 0.230 e. The number of alkyl halides is 1. The molecule has 0 spiro atoms. The minimum absolute atomic E-state index is 0.000936. The number of carbonyl (C=O) groups is 1. The monoisotopic (exact) mass is 330 g/mol. The van der Waals surface area contributed by atoms with Crippen LogP contribution in [0.1, 0.15) is 6.42 Å². The molecule has 2 N–H and O–H groups in total. The highest BCUT2D eigenvalue weighted by atomic mass is 79.9. The Morgan fingerprint density at radius 3 is 3.06 bits per heavy atom. The average Bonchev–Trinajstić information content (AvgIpc) is 2.69. The van der Waals surface area contributed by atoms with Gasteiger partial charge in [0.1, 0.15) is 5.75 Å². The summed E-state index contributed by atoms with van der Waals surface area (Å²) in [4.78, 5) is 14.2. The average molecular weight is 331 g/mol. The first-order valence-corrected chi connectivity index (χ1v) is 7.67. The van der Waals surface area contributed by atoms with Gasteiger partial charge in [-0.2, -0.15) is 0 Å². The van der Waals surface area contributed by atoms with Gasteiger partial charge in [0.2, 0.25) is 5.91 Å². The first-order chi connectivity index (χ1) is 8.63. The van der Waals surface area contributed by atoms with Crippen LogP contribution in [0.3, 0.4) is 0 Å². The van der Waals surface area contributed by atoms with Crippen molar-refractivity contribution >= 4 is 39.3 Å². The molecule has 0 aliphatic carbocycles. The molecule has 2 rings (SSSR count). The zero-order valence-electron chi connectivity index (χ0n) is 10.0. The summed E-state index contributed by atoms with van der Waals surface area (Å²) < 4.78 is 0. The van der Waals surface area contributed by atoms with Crippen LogP contribution >= 0.6 is 27.7 Å². The fraction of sp³-hybridized carbons (Fsp3) is 0.417. The summed E-state index contributed by atoms with van der Waals surface area (Å²) in [6.07, 6.45) is 0.841. The van der Waals surface area contributed by atoms with Gasteiger partial charge in [-0.3, -0.25) is 4.79 Å². The Kier molecular flexibility index (Phi) is 4.40. The Morgan fingerprint density at radius 1 is 1.61 bits per heavy atom. The molecule has 18 heavy (non-hydrogen) atoms. The van der Waals surface area contributed by atoms with Crippen LogP contribution in [0.5, 0.6) is 5.75 Å². The van der Waals surface area contributed by atoms with Gasteiger partial charge >= 0.3 is 0 Å². The molecule has 0 fully saturated rings. The van der Waals surface area contributed by atoms with Gasteiger partial charge in [-0.05, 0) is 18.6 Å². The highest BCUT2D eigenvalue weighted by molar-refractivity contribution is 9.09. The van der Waals surface area contributed by atoms with E-state index in [0.717, 1.165) is 17.0 Å². The van der Waals surface area contributed by atoms with Crippen molar-refractivity contribution in [3.63, 3.8) is 0 Å². The molecule has 0 bridgehead atoms. The van der Waals surface area contributed by atoms with E-state index in [1.54, 1.807) is 17.8 Å². The van der Waals surface area contributed by atoms with E-state index in [9.17, 15) is 9.90 Å². The second-order valence-electron chi connectivity index (χ2n) is 4.08. The highest BCUT2D eigenvalue weighted by Gasteiger charge is 2.28. The second kappa shape index (κ2) is 5.84. The Labute approximate surface area is 119 Å². The van der Waals surface area contributed by atoms with E-state index in [0.29, 0.717) is 17.6 Å². The molecule has 1 heterocycles. The standard InChI is InChI=1S/C12H15BrN2O2S/c1-15-8-3-2-4-9(16)12(8)18-11(15)5-6-14-10(17)7-13/h2-4,11,16H,5-7H2,1H3,(H,14,17). The number of halogens is 1. The van der Waals surface area contributed by atoms with E-state index in [1.165, 1.54) is 0 Å². The number of benzene rings is 1. The molecule has 1 unspecified atom stereocenters. The lowest BCUT2D eigenvalue weighted by atomic mass is 10.2. The molecule has 1 aliphatic heterocycles. The van der Waals surface area contributed by atoms with Crippen LogP contribution < -0.4 is 10.2 Å². The summed E-state index contributed by atoms with van der Waals surface area (Å²) in [7, 11) is 2.01. The van der Waals surface area contributed by atoms with Crippen molar-refractivity contribution in [1.29, 1.82) is 0 Å². The Balaban J connectivity index is 1.95. The van der Waals surface area contributed by atoms with Crippen molar-refractivity contribution < 1.29 is 9.90 Å². The lowest BCUT2D eigenvalue weighted by Crippen LogP contribution is -2.31. The lowest BCUT2D eigenvalue weighted by Gasteiger charge is -2.21. The number of hydrogen-bond acceptors (Lipinski definition) is 4. The number of fused-ring (bicyclic) bond motifs is 1. The predicted molar refractivity (Wildman–Crippen MR) is 77.6 cm³/mol. The number of hydrogen-bond donors (Lipinski definition) is 2. The van der Waals surface area contributed by atoms with Crippen LogP contribution in [0, 0.1) is 0 Å². The van der Waals surface area contributed by atoms with Crippen LogP contribution in [0.4, 0.5) is 5.69 Å². The zero-order chi connectivity index (χ0) is 13.1. The molecule has 6 heteroatoms. The lowest BCUT2D eigenvalue weighted by molar-refractivity contribution is -0.118. The summed E-state index contributed by atoms with van der Waals surface area (Å²) >= 11 is 4.76. The van der Waals surface area contributed by atoms with Gasteiger partial charge in [0.05, 0.1) is 21.3 Å². The molecule has 0 aromatic heterocycles. The normalized spacial score (nSPS) is 17.7. The second-order valence-corrected chi connectivity index (χ2v) is 5.83. The van der Waals surface area contributed by atoms with Crippen molar-refractivity contribution in [2.45, 2.75) is 16.7 Å². The molecule has 1 aromatic carbocycles. The van der Waals surface area contributed by atoms with E-state index < -0.39 is 0 Å². The molecule has 4 nitrogen and oxygen atoms in total.